The molecule has 0 saturated heterocycles. The van der Waals surface area contributed by atoms with Crippen molar-refractivity contribution in [3.8, 4) is 0 Å². The van der Waals surface area contributed by atoms with E-state index in [0.29, 0.717) is 5.56 Å². The number of carbonyl (C=O) groups is 2. The van der Waals surface area contributed by atoms with E-state index < -0.39 is 12.0 Å². The zero-order valence-corrected chi connectivity index (χ0v) is 12.8. The Labute approximate surface area is 140 Å². The molecule has 0 aliphatic heterocycles. The average molecular weight is 263 g/mol. The Morgan fingerprint density at radius 3 is 2.38 bits per heavy atom. The quantitative estimate of drug-likeness (QED) is 0.574. The molecule has 0 fully saturated rings. The van der Waals surface area contributed by atoms with Crippen LogP contribution in [-0.2, 0) is 4.79 Å². The minimum atomic E-state index is -1.34. The van der Waals surface area contributed by atoms with Gasteiger partial charge in [0, 0.05) is 11.3 Å². The van der Waals surface area contributed by atoms with Crippen LogP contribution >= 0.6 is 11.8 Å². The van der Waals surface area contributed by atoms with Gasteiger partial charge >= 0.3 is 51.4 Å². The molecule has 0 heterocycles. The topological polar surface area (TPSA) is 83.2 Å². The van der Waals surface area contributed by atoms with Crippen LogP contribution in [0.2, 0.25) is 0 Å². The Balaban J connectivity index is 0.00000225. The maximum atomic E-state index is 11.5. The summed E-state index contributed by atoms with van der Waals surface area (Å²) in [6, 6.07) is 7.51. The van der Waals surface area contributed by atoms with Gasteiger partial charge in [0.25, 0.3) is 0 Å². The molecule has 0 spiro atoms. The molecule has 0 radical (unpaired) electrons. The van der Waals surface area contributed by atoms with Gasteiger partial charge in [0.2, 0.25) is 5.12 Å². The number of rotatable bonds is 4. The number of benzene rings is 1. The summed E-state index contributed by atoms with van der Waals surface area (Å²) in [4.78, 5) is 21.8. The van der Waals surface area contributed by atoms with E-state index in [-0.39, 0.29) is 62.3 Å². The Morgan fingerprint density at radius 1 is 1.31 bits per heavy atom. The number of aliphatic carboxylic acids is 1. The molecule has 1 atom stereocenters. The maximum absolute atomic E-state index is 11.5. The summed E-state index contributed by atoms with van der Waals surface area (Å²) in [7, 11) is 0. The normalized spacial score (nSPS) is 11.3. The second kappa shape index (κ2) is 8.40. The van der Waals surface area contributed by atoms with E-state index >= 15 is 0 Å². The van der Waals surface area contributed by atoms with E-state index in [1.165, 1.54) is 0 Å². The molecule has 1 unspecified atom stereocenters. The maximum Gasteiger partial charge on any atom is 1.00 e. The number of nitrogens with two attached hydrogens (primary N) is 1. The van der Waals surface area contributed by atoms with Crippen molar-refractivity contribution in [2.45, 2.75) is 6.04 Å². The molecule has 1 aromatic rings. The van der Waals surface area contributed by atoms with E-state index in [4.69, 9.17) is 5.73 Å². The van der Waals surface area contributed by atoms with Crippen molar-refractivity contribution in [3.05, 3.63) is 35.9 Å². The van der Waals surface area contributed by atoms with Crippen LogP contribution in [-0.4, -0.2) is 22.9 Å². The predicted molar refractivity (Wildman–Crippen MR) is 56.2 cm³/mol. The molecule has 16 heavy (non-hydrogen) atoms. The minimum absolute atomic E-state index is 0. The van der Waals surface area contributed by atoms with Crippen LogP contribution in [0.15, 0.2) is 30.3 Å². The summed E-state index contributed by atoms with van der Waals surface area (Å²) in [5.74, 6) is -1.32. The molecular weight excluding hydrogens is 253 g/mol. The second-order valence-corrected chi connectivity index (χ2v) is 3.88. The van der Waals surface area contributed by atoms with Crippen molar-refractivity contribution >= 4 is 22.8 Å². The summed E-state index contributed by atoms with van der Waals surface area (Å²) in [6.07, 6.45) is 0. The minimum Gasteiger partial charge on any atom is -0.548 e. The van der Waals surface area contributed by atoms with Crippen LogP contribution in [0, 0.1) is 0 Å². The summed E-state index contributed by atoms with van der Waals surface area (Å²) in [5.41, 5.74) is 5.74. The van der Waals surface area contributed by atoms with E-state index in [2.05, 4.69) is 0 Å². The third-order valence-electron chi connectivity index (χ3n) is 1.71. The van der Waals surface area contributed by atoms with Crippen LogP contribution in [0.5, 0.6) is 0 Å². The standard InChI is InChI=1S/C10H11NO3S.K/c11-8(9(12)13)6-15-10(14)7-4-2-1-3-5-7;/h1-5,8H,6,11H2,(H,12,13);/q;+1/p-1. The summed E-state index contributed by atoms with van der Waals surface area (Å²) >= 11 is 0.881. The van der Waals surface area contributed by atoms with Gasteiger partial charge in [-0.25, -0.2) is 0 Å². The number of carboxylic acid groups (broad SMARTS) is 1. The molecule has 0 amide bonds. The molecule has 0 aliphatic rings. The number of thioether (sulfide) groups is 1. The van der Waals surface area contributed by atoms with Crippen molar-refractivity contribution in [3.63, 3.8) is 0 Å². The number of carboxylic acids is 1. The van der Waals surface area contributed by atoms with Gasteiger partial charge in [0.15, 0.2) is 0 Å². The van der Waals surface area contributed by atoms with Gasteiger partial charge in [-0.05, 0) is 0 Å². The van der Waals surface area contributed by atoms with Crippen molar-refractivity contribution in [1.82, 2.24) is 0 Å². The molecule has 1 aromatic carbocycles. The number of hydrogen-bond acceptors (Lipinski definition) is 5. The first kappa shape index (κ1) is 16.3. The summed E-state index contributed by atoms with van der Waals surface area (Å²) in [5, 5.41) is 10.1. The predicted octanol–water partition coefficient (Wildman–Crippen LogP) is -3.36. The Hall–Kier alpha value is 0.306. The van der Waals surface area contributed by atoms with Gasteiger partial charge in [-0.15, -0.1) is 0 Å². The van der Waals surface area contributed by atoms with Gasteiger partial charge < -0.3 is 15.6 Å². The third-order valence-corrected chi connectivity index (χ3v) is 2.73. The van der Waals surface area contributed by atoms with Gasteiger partial charge in [-0.1, -0.05) is 42.1 Å². The summed E-state index contributed by atoms with van der Waals surface area (Å²) in [6.45, 7) is 0. The second-order valence-electron chi connectivity index (χ2n) is 2.89. The van der Waals surface area contributed by atoms with Crippen LogP contribution < -0.4 is 62.2 Å². The van der Waals surface area contributed by atoms with E-state index in [9.17, 15) is 14.7 Å². The molecule has 0 aromatic heterocycles. The fourth-order valence-electron chi connectivity index (χ4n) is 0.891. The van der Waals surface area contributed by atoms with Gasteiger partial charge in [-0.2, -0.15) is 0 Å². The van der Waals surface area contributed by atoms with Crippen LogP contribution in [0.1, 0.15) is 10.4 Å². The van der Waals surface area contributed by atoms with E-state index in [1.807, 2.05) is 0 Å². The van der Waals surface area contributed by atoms with Crippen LogP contribution in [0.4, 0.5) is 0 Å². The number of hydrogen-bond donors (Lipinski definition) is 1. The molecule has 6 heteroatoms. The Kier molecular flexibility index (Phi) is 8.57. The van der Waals surface area contributed by atoms with E-state index in [1.54, 1.807) is 30.3 Å². The van der Waals surface area contributed by atoms with Crippen LogP contribution in [0.25, 0.3) is 0 Å². The fraction of sp³-hybridized carbons (Fsp3) is 0.200. The molecule has 0 bridgehead atoms. The monoisotopic (exact) mass is 263 g/mol. The molecule has 1 rings (SSSR count). The van der Waals surface area contributed by atoms with Crippen molar-refractivity contribution < 1.29 is 66.1 Å². The molecule has 80 valence electrons. The van der Waals surface area contributed by atoms with Crippen molar-refractivity contribution in [1.29, 1.82) is 0 Å². The Bertz CT molecular complexity index is 358. The zero-order valence-electron chi connectivity index (χ0n) is 8.88. The molecular formula is C10H10KNO3S. The first-order valence-electron chi connectivity index (χ1n) is 4.30. The SMILES string of the molecule is NC(CSC(=O)c1ccccc1)C(=O)[O-].[K+]. The largest absolute Gasteiger partial charge is 1.00 e. The summed E-state index contributed by atoms with van der Waals surface area (Å²) < 4.78 is 0. The van der Waals surface area contributed by atoms with Crippen molar-refractivity contribution in [2.24, 2.45) is 5.73 Å². The van der Waals surface area contributed by atoms with Crippen LogP contribution in [0.3, 0.4) is 0 Å². The zero-order chi connectivity index (χ0) is 11.3. The van der Waals surface area contributed by atoms with Gasteiger partial charge in [0.1, 0.15) is 0 Å². The fourth-order valence-corrected chi connectivity index (χ4v) is 1.66. The van der Waals surface area contributed by atoms with Gasteiger partial charge in [-0.3, -0.25) is 4.79 Å². The third kappa shape index (κ3) is 5.58. The number of carbonyl (C=O) groups excluding carboxylic acids is 2. The molecule has 0 saturated carbocycles. The molecule has 2 N–H and O–H groups in total. The van der Waals surface area contributed by atoms with E-state index in [0.717, 1.165) is 11.8 Å². The first-order valence-corrected chi connectivity index (χ1v) is 5.28. The first-order chi connectivity index (χ1) is 7.11. The van der Waals surface area contributed by atoms with Crippen molar-refractivity contribution in [2.75, 3.05) is 5.75 Å². The Morgan fingerprint density at radius 2 is 1.88 bits per heavy atom. The van der Waals surface area contributed by atoms with Gasteiger partial charge in [0.05, 0.1) is 12.0 Å². The molecule has 0 aliphatic carbocycles. The average Bonchev–Trinajstić information content (AvgIpc) is 2.26. The smallest absolute Gasteiger partial charge is 0.548 e. The molecule has 4 nitrogen and oxygen atoms in total.